The summed E-state index contributed by atoms with van der Waals surface area (Å²) < 4.78 is 25.2. The number of hydrogen-bond acceptors (Lipinski definition) is 3. The summed E-state index contributed by atoms with van der Waals surface area (Å²) >= 11 is 0. The normalized spacial score (nSPS) is 19.9. The maximum atomic E-state index is 12.6. The van der Waals surface area contributed by atoms with E-state index in [4.69, 9.17) is 10.1 Å². The van der Waals surface area contributed by atoms with Crippen molar-refractivity contribution >= 4 is 5.91 Å². The zero-order valence-electron chi connectivity index (χ0n) is 10.9. The van der Waals surface area contributed by atoms with Crippen LogP contribution in [0, 0.1) is 17.2 Å². The first kappa shape index (κ1) is 14.4. The zero-order chi connectivity index (χ0) is 14.7. The van der Waals surface area contributed by atoms with Crippen molar-refractivity contribution in [2.45, 2.75) is 25.8 Å². The highest BCUT2D eigenvalue weighted by molar-refractivity contribution is 5.78. The number of nitrogens with zero attached hydrogens (tertiary/aromatic N) is 2. The largest absolute Gasteiger partial charge is 0.272 e. The highest BCUT2D eigenvalue weighted by atomic mass is 19.3. The molecule has 0 spiro atoms. The van der Waals surface area contributed by atoms with Crippen molar-refractivity contribution < 1.29 is 18.4 Å². The average Bonchev–Trinajstić information content (AvgIpc) is 2.95. The average molecular weight is 280 g/mol. The second-order valence-electron chi connectivity index (χ2n) is 4.66. The third-order valence-corrected chi connectivity index (χ3v) is 3.31. The number of rotatable bonds is 3. The molecule has 2 atom stereocenters. The number of hydrogen-bond donors (Lipinski definition) is 0. The van der Waals surface area contributed by atoms with Crippen LogP contribution in [0.15, 0.2) is 24.3 Å². The van der Waals surface area contributed by atoms with Crippen molar-refractivity contribution in [3.63, 3.8) is 0 Å². The van der Waals surface area contributed by atoms with Crippen molar-refractivity contribution in [3.8, 4) is 6.07 Å². The highest BCUT2D eigenvalue weighted by Gasteiger charge is 2.37. The Morgan fingerprint density at radius 1 is 1.45 bits per heavy atom. The van der Waals surface area contributed by atoms with Gasteiger partial charge in [0.1, 0.15) is 0 Å². The first-order chi connectivity index (χ1) is 9.54. The fourth-order valence-electron chi connectivity index (χ4n) is 2.08. The van der Waals surface area contributed by atoms with E-state index in [2.05, 4.69) is 0 Å². The van der Waals surface area contributed by atoms with E-state index in [-0.39, 0.29) is 6.04 Å². The second kappa shape index (κ2) is 5.97. The lowest BCUT2D eigenvalue weighted by Crippen LogP contribution is -2.36. The van der Waals surface area contributed by atoms with Gasteiger partial charge >= 0.3 is 0 Å². The van der Waals surface area contributed by atoms with E-state index in [1.807, 2.05) is 6.07 Å². The molecule has 1 aliphatic rings. The van der Waals surface area contributed by atoms with Gasteiger partial charge in [-0.3, -0.25) is 9.63 Å². The van der Waals surface area contributed by atoms with Gasteiger partial charge in [0.2, 0.25) is 6.43 Å². The minimum atomic E-state index is -2.71. The van der Waals surface area contributed by atoms with Crippen LogP contribution in [-0.2, 0) is 9.63 Å². The fraction of sp³-hybridized carbons (Fsp3) is 0.429. The van der Waals surface area contributed by atoms with Gasteiger partial charge in [-0.15, -0.1) is 0 Å². The molecule has 0 N–H and O–H groups in total. The van der Waals surface area contributed by atoms with Crippen LogP contribution in [-0.4, -0.2) is 24.0 Å². The number of benzene rings is 1. The van der Waals surface area contributed by atoms with Gasteiger partial charge in [0, 0.05) is 6.42 Å². The van der Waals surface area contributed by atoms with Gasteiger partial charge in [-0.2, -0.15) is 5.26 Å². The molecule has 20 heavy (non-hydrogen) atoms. The van der Waals surface area contributed by atoms with Crippen LogP contribution in [0.5, 0.6) is 0 Å². The van der Waals surface area contributed by atoms with E-state index >= 15 is 0 Å². The number of alkyl halides is 2. The Bertz CT molecular complexity index is 525. The minimum Gasteiger partial charge on any atom is -0.272 e. The lowest BCUT2D eigenvalue weighted by Gasteiger charge is -2.25. The Balaban J connectivity index is 2.18. The van der Waals surface area contributed by atoms with Gasteiger partial charge in [-0.05, 0) is 24.6 Å². The molecule has 1 saturated heterocycles. The molecule has 6 heteroatoms. The molecule has 0 saturated carbocycles. The Morgan fingerprint density at radius 3 is 2.65 bits per heavy atom. The van der Waals surface area contributed by atoms with Gasteiger partial charge in [-0.1, -0.05) is 12.1 Å². The highest BCUT2D eigenvalue weighted by Crippen LogP contribution is 2.32. The van der Waals surface area contributed by atoms with Crippen LogP contribution in [0.4, 0.5) is 8.78 Å². The molecular formula is C14H14F2N2O2. The van der Waals surface area contributed by atoms with Gasteiger partial charge in [0.15, 0.2) is 0 Å². The minimum absolute atomic E-state index is 0.312. The SMILES string of the molecule is C[C@H](C(=O)N1OCC[C@H]1c1ccc(C#N)cc1)C(F)F. The van der Waals surface area contributed by atoms with Gasteiger partial charge in [0.25, 0.3) is 5.91 Å². The van der Waals surface area contributed by atoms with E-state index in [9.17, 15) is 13.6 Å². The molecule has 1 aromatic rings. The van der Waals surface area contributed by atoms with Crippen LogP contribution in [0.25, 0.3) is 0 Å². The summed E-state index contributed by atoms with van der Waals surface area (Å²) in [5.41, 5.74) is 1.28. The molecule has 0 unspecified atom stereocenters. The quantitative estimate of drug-likeness (QED) is 0.855. The predicted octanol–water partition coefficient (Wildman–Crippen LogP) is 2.66. The van der Waals surface area contributed by atoms with E-state index < -0.39 is 18.3 Å². The molecule has 1 amide bonds. The summed E-state index contributed by atoms with van der Waals surface area (Å²) in [4.78, 5) is 17.2. The number of nitriles is 1. The third-order valence-electron chi connectivity index (χ3n) is 3.31. The smallest absolute Gasteiger partial charge is 0.255 e. The molecule has 4 nitrogen and oxygen atoms in total. The molecule has 2 rings (SSSR count). The van der Waals surface area contributed by atoms with Crippen LogP contribution in [0.1, 0.15) is 30.5 Å². The molecule has 0 radical (unpaired) electrons. The Labute approximate surface area is 115 Å². The standard InChI is InChI=1S/C14H14F2N2O2/c1-9(13(15)16)14(19)18-12(6-7-20-18)11-4-2-10(8-17)3-5-11/h2-5,9,12-13H,6-7H2,1H3/t9-,12-/m0/s1. The van der Waals surface area contributed by atoms with Gasteiger partial charge < -0.3 is 0 Å². The lowest BCUT2D eigenvalue weighted by molar-refractivity contribution is -0.185. The van der Waals surface area contributed by atoms with Crippen LogP contribution < -0.4 is 0 Å². The number of amides is 1. The summed E-state index contributed by atoms with van der Waals surface area (Å²) in [6, 6.07) is 8.31. The maximum absolute atomic E-state index is 12.6. The number of carbonyl (C=O) groups excluding carboxylic acids is 1. The van der Waals surface area contributed by atoms with E-state index in [1.165, 1.54) is 6.92 Å². The Morgan fingerprint density at radius 2 is 2.10 bits per heavy atom. The summed E-state index contributed by atoms with van der Waals surface area (Å²) in [5, 5.41) is 9.79. The molecule has 1 aromatic carbocycles. The predicted molar refractivity (Wildman–Crippen MR) is 66.5 cm³/mol. The van der Waals surface area contributed by atoms with Gasteiger partial charge in [-0.25, -0.2) is 13.8 Å². The summed E-state index contributed by atoms with van der Waals surface area (Å²) in [6.45, 7) is 1.50. The number of hydroxylamine groups is 2. The van der Waals surface area contributed by atoms with Gasteiger partial charge in [0.05, 0.1) is 30.2 Å². The summed E-state index contributed by atoms with van der Waals surface area (Å²) in [6.07, 6.45) is -2.17. The van der Waals surface area contributed by atoms with Crippen LogP contribution in [0.2, 0.25) is 0 Å². The van der Waals surface area contributed by atoms with Crippen molar-refractivity contribution in [1.82, 2.24) is 5.06 Å². The second-order valence-corrected chi connectivity index (χ2v) is 4.66. The monoisotopic (exact) mass is 280 g/mol. The Hall–Kier alpha value is -2.00. The van der Waals surface area contributed by atoms with Crippen molar-refractivity contribution in [3.05, 3.63) is 35.4 Å². The molecule has 1 fully saturated rings. The number of carbonyl (C=O) groups is 1. The van der Waals surface area contributed by atoms with Crippen LogP contribution in [0.3, 0.4) is 0 Å². The van der Waals surface area contributed by atoms with E-state index in [0.29, 0.717) is 18.6 Å². The van der Waals surface area contributed by atoms with Crippen molar-refractivity contribution in [1.29, 1.82) is 5.26 Å². The topological polar surface area (TPSA) is 53.3 Å². The molecule has 0 aliphatic carbocycles. The zero-order valence-corrected chi connectivity index (χ0v) is 10.9. The van der Waals surface area contributed by atoms with E-state index in [0.717, 1.165) is 10.6 Å². The fourth-order valence-corrected chi connectivity index (χ4v) is 2.08. The first-order valence-electron chi connectivity index (χ1n) is 6.28. The Kier molecular flexibility index (Phi) is 4.30. The molecule has 1 heterocycles. The van der Waals surface area contributed by atoms with Crippen LogP contribution >= 0.6 is 0 Å². The summed E-state index contributed by atoms with van der Waals surface area (Å²) in [5.74, 6) is -2.11. The third kappa shape index (κ3) is 2.78. The molecular weight excluding hydrogens is 266 g/mol. The number of halogens is 2. The molecule has 1 aliphatic heterocycles. The molecule has 106 valence electrons. The molecule has 0 aromatic heterocycles. The van der Waals surface area contributed by atoms with E-state index in [1.54, 1.807) is 24.3 Å². The maximum Gasteiger partial charge on any atom is 0.255 e. The summed E-state index contributed by atoms with van der Waals surface area (Å²) in [7, 11) is 0. The van der Waals surface area contributed by atoms with Crippen molar-refractivity contribution in [2.75, 3.05) is 6.61 Å². The first-order valence-corrected chi connectivity index (χ1v) is 6.28. The lowest BCUT2D eigenvalue weighted by atomic mass is 10.0. The molecule has 0 bridgehead atoms. The van der Waals surface area contributed by atoms with Crippen molar-refractivity contribution in [2.24, 2.45) is 5.92 Å².